The zero-order valence-corrected chi connectivity index (χ0v) is 18.0. The van der Waals surface area contributed by atoms with Crippen molar-refractivity contribution in [1.29, 1.82) is 0 Å². The van der Waals surface area contributed by atoms with E-state index in [-0.39, 0.29) is 23.8 Å². The number of carbonyl (C=O) groups excluding carboxylic acids is 1. The minimum Gasteiger partial charge on any atom is -0.379 e. The zero-order chi connectivity index (χ0) is 22.3. The van der Waals surface area contributed by atoms with Crippen molar-refractivity contribution in [2.75, 3.05) is 39.4 Å². The molecule has 1 aliphatic rings. The van der Waals surface area contributed by atoms with Gasteiger partial charge in [-0.15, -0.1) is 0 Å². The normalized spacial score (nSPS) is 14.4. The number of amides is 1. The van der Waals surface area contributed by atoms with Crippen molar-refractivity contribution in [2.45, 2.75) is 19.9 Å². The predicted molar refractivity (Wildman–Crippen MR) is 116 cm³/mol. The largest absolute Gasteiger partial charge is 0.379 e. The second-order valence-electron chi connectivity index (χ2n) is 7.66. The maximum absolute atomic E-state index is 12.3. The van der Waals surface area contributed by atoms with Crippen LogP contribution in [0.2, 0.25) is 0 Å². The lowest BCUT2D eigenvalue weighted by Gasteiger charge is -2.26. The smallest absolute Gasteiger partial charge is 0.316 e. The number of morpholine rings is 1. The summed E-state index contributed by atoms with van der Waals surface area (Å²) in [5, 5.41) is 11.0. The number of aryl methyl sites for hydroxylation is 1. The average molecular weight is 438 g/mol. The highest BCUT2D eigenvalue weighted by atomic mass is 16.5. The highest BCUT2D eigenvalue weighted by molar-refractivity contribution is 5.89. The highest BCUT2D eigenvalue weighted by Gasteiger charge is 2.16. The molecular weight excluding hydrogens is 412 g/mol. The molecule has 0 unspecified atom stereocenters. The van der Waals surface area contributed by atoms with E-state index in [2.05, 4.69) is 25.5 Å². The molecule has 1 amide bonds. The van der Waals surface area contributed by atoms with Crippen molar-refractivity contribution < 1.29 is 14.1 Å². The van der Waals surface area contributed by atoms with Gasteiger partial charge < -0.3 is 14.6 Å². The van der Waals surface area contributed by atoms with Gasteiger partial charge in [0.1, 0.15) is 6.54 Å². The molecule has 2 aromatic heterocycles. The summed E-state index contributed by atoms with van der Waals surface area (Å²) in [4.78, 5) is 30.9. The fraction of sp³-hybridized carbons (Fsp3) is 0.409. The van der Waals surface area contributed by atoms with Gasteiger partial charge in [-0.05, 0) is 26.0 Å². The van der Waals surface area contributed by atoms with Gasteiger partial charge in [0.05, 0.1) is 18.9 Å². The molecule has 0 saturated carbocycles. The van der Waals surface area contributed by atoms with Gasteiger partial charge in [-0.25, -0.2) is 4.68 Å². The van der Waals surface area contributed by atoms with Crippen LogP contribution in [0.25, 0.3) is 11.3 Å². The van der Waals surface area contributed by atoms with Gasteiger partial charge in [-0.3, -0.25) is 14.5 Å². The molecule has 1 fully saturated rings. The lowest BCUT2D eigenvalue weighted by Crippen LogP contribution is -2.38. The van der Waals surface area contributed by atoms with Crippen LogP contribution in [0, 0.1) is 6.92 Å². The van der Waals surface area contributed by atoms with E-state index < -0.39 is 5.91 Å². The average Bonchev–Trinajstić information content (AvgIpc) is 3.28. The molecule has 1 saturated heterocycles. The Morgan fingerprint density at radius 3 is 2.69 bits per heavy atom. The van der Waals surface area contributed by atoms with Gasteiger partial charge >= 0.3 is 11.8 Å². The summed E-state index contributed by atoms with van der Waals surface area (Å²) >= 11 is 0. The molecule has 1 aliphatic heterocycles. The number of rotatable bonds is 8. The van der Waals surface area contributed by atoms with Gasteiger partial charge in [-0.2, -0.15) is 10.1 Å². The van der Waals surface area contributed by atoms with E-state index >= 15 is 0 Å². The summed E-state index contributed by atoms with van der Waals surface area (Å²) in [6.45, 7) is 6.75. The molecule has 3 heterocycles. The van der Waals surface area contributed by atoms with Gasteiger partial charge in [0, 0.05) is 31.3 Å². The molecule has 168 valence electrons. The summed E-state index contributed by atoms with van der Waals surface area (Å²) in [5.41, 5.74) is 2.40. The number of nitrogens with zero attached hydrogens (tertiary/aromatic N) is 5. The Morgan fingerprint density at radius 1 is 1.12 bits per heavy atom. The Labute approximate surface area is 185 Å². The van der Waals surface area contributed by atoms with Gasteiger partial charge in [0.2, 0.25) is 0 Å². The van der Waals surface area contributed by atoms with E-state index in [0.29, 0.717) is 12.2 Å². The van der Waals surface area contributed by atoms with Crippen LogP contribution in [0.1, 0.15) is 28.5 Å². The van der Waals surface area contributed by atoms with Gasteiger partial charge in [0.15, 0.2) is 5.82 Å². The van der Waals surface area contributed by atoms with E-state index in [1.165, 1.54) is 10.7 Å². The Kier molecular flexibility index (Phi) is 7.03. The molecule has 10 nitrogen and oxygen atoms in total. The van der Waals surface area contributed by atoms with Crippen molar-refractivity contribution in [3.8, 4) is 11.3 Å². The number of hydrogen-bond acceptors (Lipinski definition) is 8. The highest BCUT2D eigenvalue weighted by Crippen LogP contribution is 2.16. The van der Waals surface area contributed by atoms with E-state index in [0.717, 1.165) is 50.4 Å². The number of hydrogen-bond donors (Lipinski definition) is 1. The molecule has 0 bridgehead atoms. The standard InChI is InChI=1S/C22H26N6O4/c1-16-3-5-17(6-4-16)18-7-8-20(29)28(25-18)15-19-24-22(32-26-19)21(30)23-9-2-10-27-11-13-31-14-12-27/h3-8H,2,9-15H2,1H3,(H,23,30). The van der Waals surface area contributed by atoms with Crippen molar-refractivity contribution in [2.24, 2.45) is 0 Å². The maximum atomic E-state index is 12.3. The fourth-order valence-electron chi connectivity index (χ4n) is 3.39. The summed E-state index contributed by atoms with van der Waals surface area (Å²) in [5.74, 6) is -0.354. The molecule has 32 heavy (non-hydrogen) atoms. The van der Waals surface area contributed by atoms with Crippen molar-refractivity contribution in [3.63, 3.8) is 0 Å². The summed E-state index contributed by atoms with van der Waals surface area (Å²) < 4.78 is 11.6. The van der Waals surface area contributed by atoms with Crippen LogP contribution in [-0.2, 0) is 11.3 Å². The minimum absolute atomic E-state index is 0.00630. The molecule has 10 heteroatoms. The first-order chi connectivity index (χ1) is 15.6. The third-order valence-corrected chi connectivity index (χ3v) is 5.21. The van der Waals surface area contributed by atoms with Crippen molar-refractivity contribution in [3.05, 3.63) is 64.0 Å². The Hall–Kier alpha value is -3.37. The second kappa shape index (κ2) is 10.3. The van der Waals surface area contributed by atoms with Gasteiger partial charge in [-0.1, -0.05) is 35.0 Å². The van der Waals surface area contributed by atoms with E-state index in [1.54, 1.807) is 6.07 Å². The zero-order valence-electron chi connectivity index (χ0n) is 18.0. The molecule has 0 atom stereocenters. The number of carbonyl (C=O) groups is 1. The first-order valence-corrected chi connectivity index (χ1v) is 10.6. The summed E-state index contributed by atoms with van der Waals surface area (Å²) in [6, 6.07) is 11.0. The van der Waals surface area contributed by atoms with E-state index in [4.69, 9.17) is 9.26 Å². The molecule has 3 aromatic rings. The Morgan fingerprint density at radius 2 is 1.91 bits per heavy atom. The Bertz CT molecular complexity index is 1100. The number of aromatic nitrogens is 4. The summed E-state index contributed by atoms with van der Waals surface area (Å²) in [6.07, 6.45) is 0.817. The first kappa shape index (κ1) is 21.8. The third-order valence-electron chi connectivity index (χ3n) is 5.21. The van der Waals surface area contributed by atoms with Crippen LogP contribution in [0.15, 0.2) is 45.7 Å². The van der Waals surface area contributed by atoms with Crippen LogP contribution < -0.4 is 10.9 Å². The van der Waals surface area contributed by atoms with E-state index in [9.17, 15) is 9.59 Å². The molecular formula is C22H26N6O4. The quantitative estimate of drug-likeness (QED) is 0.520. The number of nitrogens with one attached hydrogen (secondary N) is 1. The molecule has 4 rings (SSSR count). The molecule has 1 aromatic carbocycles. The van der Waals surface area contributed by atoms with Crippen LogP contribution >= 0.6 is 0 Å². The third kappa shape index (κ3) is 5.65. The van der Waals surface area contributed by atoms with Crippen LogP contribution in [0.4, 0.5) is 0 Å². The molecule has 1 N–H and O–H groups in total. The predicted octanol–water partition coefficient (Wildman–Crippen LogP) is 1.10. The van der Waals surface area contributed by atoms with Crippen LogP contribution in [0.5, 0.6) is 0 Å². The SMILES string of the molecule is Cc1ccc(-c2ccc(=O)n(Cc3noc(C(=O)NCCCN4CCOCC4)n3)n2)cc1. The van der Waals surface area contributed by atoms with Gasteiger partial charge in [0.25, 0.3) is 5.56 Å². The number of benzene rings is 1. The van der Waals surface area contributed by atoms with Crippen LogP contribution in [0.3, 0.4) is 0 Å². The van der Waals surface area contributed by atoms with Crippen molar-refractivity contribution >= 4 is 5.91 Å². The Balaban J connectivity index is 1.33. The molecule has 0 spiro atoms. The topological polar surface area (TPSA) is 115 Å². The maximum Gasteiger partial charge on any atom is 0.316 e. The van der Waals surface area contributed by atoms with Crippen LogP contribution in [-0.4, -0.2) is 70.1 Å². The lowest BCUT2D eigenvalue weighted by molar-refractivity contribution is 0.0374. The monoisotopic (exact) mass is 438 g/mol. The first-order valence-electron chi connectivity index (χ1n) is 10.6. The minimum atomic E-state index is -0.431. The lowest BCUT2D eigenvalue weighted by atomic mass is 10.1. The fourth-order valence-corrected chi connectivity index (χ4v) is 3.39. The summed E-state index contributed by atoms with van der Waals surface area (Å²) in [7, 11) is 0. The second-order valence-corrected chi connectivity index (χ2v) is 7.66. The number of ether oxygens (including phenoxy) is 1. The molecule has 0 radical (unpaired) electrons. The van der Waals surface area contributed by atoms with E-state index in [1.807, 2.05) is 31.2 Å². The molecule has 0 aliphatic carbocycles. The van der Waals surface area contributed by atoms with Crippen molar-refractivity contribution in [1.82, 2.24) is 30.1 Å².